The van der Waals surface area contributed by atoms with E-state index in [4.69, 9.17) is 9.84 Å². The Kier molecular flexibility index (Phi) is 6.38. The number of aromatic carboxylic acids is 1. The molecule has 0 unspecified atom stereocenters. The van der Waals surface area contributed by atoms with E-state index in [1.54, 1.807) is 19.2 Å². The third-order valence-electron chi connectivity index (χ3n) is 4.61. The zero-order valence-electron chi connectivity index (χ0n) is 14.9. The Morgan fingerprint density at radius 3 is 2.52 bits per heavy atom. The van der Waals surface area contributed by atoms with Crippen LogP contribution in [0.2, 0.25) is 0 Å². The van der Waals surface area contributed by atoms with Gasteiger partial charge in [-0.05, 0) is 18.9 Å². The molecule has 1 aromatic carbocycles. The number of carbonyl (C=O) groups is 2. The predicted octanol–water partition coefficient (Wildman–Crippen LogP) is 3.07. The summed E-state index contributed by atoms with van der Waals surface area (Å²) >= 11 is 0. The van der Waals surface area contributed by atoms with Crippen LogP contribution < -0.4 is 4.74 Å². The van der Waals surface area contributed by atoms with Crippen molar-refractivity contribution < 1.29 is 19.4 Å². The molecule has 0 atom stereocenters. The molecule has 7 heteroatoms. The van der Waals surface area contributed by atoms with Gasteiger partial charge in [-0.1, -0.05) is 19.3 Å². The molecular weight excluding hydrogens is 322 g/mol. The first-order valence-electron chi connectivity index (χ1n) is 8.41. The highest BCUT2D eigenvalue weighted by atomic mass is 16.5. The van der Waals surface area contributed by atoms with Crippen LogP contribution in [0.3, 0.4) is 0 Å². The quantitative estimate of drug-likeness (QED) is 0.889. The summed E-state index contributed by atoms with van der Waals surface area (Å²) in [7, 11) is 3.35. The number of fused-ring (bicyclic) bond motifs is 1. The molecule has 2 N–H and O–H groups in total. The van der Waals surface area contributed by atoms with Gasteiger partial charge in [-0.2, -0.15) is 5.10 Å². The number of benzene rings is 1. The van der Waals surface area contributed by atoms with Gasteiger partial charge in [0.05, 0.1) is 18.8 Å². The molecule has 1 heterocycles. The van der Waals surface area contributed by atoms with Gasteiger partial charge in [0.15, 0.2) is 0 Å². The van der Waals surface area contributed by atoms with Crippen molar-refractivity contribution in [1.29, 1.82) is 0 Å². The number of hydrogen-bond donors (Lipinski definition) is 2. The Hall–Kier alpha value is -2.57. The first-order chi connectivity index (χ1) is 11.9. The summed E-state index contributed by atoms with van der Waals surface area (Å²) < 4.78 is 4.96. The van der Waals surface area contributed by atoms with Gasteiger partial charge in [0.25, 0.3) is 0 Å². The van der Waals surface area contributed by atoms with E-state index in [2.05, 4.69) is 10.2 Å². The number of hydrogen-bond acceptors (Lipinski definition) is 4. The van der Waals surface area contributed by atoms with Crippen LogP contribution in [0, 0.1) is 0 Å². The van der Waals surface area contributed by atoms with Crippen LogP contribution in [-0.4, -0.2) is 52.3 Å². The van der Waals surface area contributed by atoms with Crippen LogP contribution in [0.4, 0.5) is 0 Å². The molecule has 0 aliphatic heterocycles. The number of nitrogens with zero attached hydrogens (tertiary/aromatic N) is 2. The number of rotatable bonds is 3. The number of H-pyrrole nitrogens is 1. The standard InChI is InChI=1S/C9H8N2O3.C9H17NO/c1-14-8-3-7-5(4-10-11-7)2-6(8)9(12)13;1-8(11)10(2)9-6-4-3-5-7-9/h2-4H,1H3,(H,10,11)(H,12,13);9H,3-7H2,1-2H3. The van der Waals surface area contributed by atoms with Crippen molar-refractivity contribution in [2.45, 2.75) is 45.1 Å². The fourth-order valence-electron chi connectivity index (χ4n) is 3.03. The molecule has 0 bridgehead atoms. The molecule has 7 nitrogen and oxygen atoms in total. The summed E-state index contributed by atoms with van der Waals surface area (Å²) in [4.78, 5) is 23.7. The average Bonchev–Trinajstić information content (AvgIpc) is 3.08. The lowest BCUT2D eigenvalue weighted by Crippen LogP contribution is -2.36. The topological polar surface area (TPSA) is 95.5 Å². The number of nitrogens with one attached hydrogen (secondary N) is 1. The van der Waals surface area contributed by atoms with E-state index in [0.29, 0.717) is 11.8 Å². The summed E-state index contributed by atoms with van der Waals surface area (Å²) in [5.41, 5.74) is 0.897. The highest BCUT2D eigenvalue weighted by Crippen LogP contribution is 2.24. The molecule has 1 aromatic heterocycles. The smallest absolute Gasteiger partial charge is 0.339 e. The van der Waals surface area contributed by atoms with Gasteiger partial charge in [-0.3, -0.25) is 9.89 Å². The number of aromatic amines is 1. The maximum Gasteiger partial charge on any atom is 0.339 e. The van der Waals surface area contributed by atoms with Crippen LogP contribution >= 0.6 is 0 Å². The lowest BCUT2D eigenvalue weighted by atomic mass is 9.94. The first kappa shape index (κ1) is 18.8. The van der Waals surface area contributed by atoms with Crippen molar-refractivity contribution in [2.75, 3.05) is 14.2 Å². The number of methoxy groups -OCH3 is 1. The minimum Gasteiger partial charge on any atom is -0.496 e. The van der Waals surface area contributed by atoms with Crippen LogP contribution in [-0.2, 0) is 4.79 Å². The third-order valence-corrected chi connectivity index (χ3v) is 4.61. The summed E-state index contributed by atoms with van der Waals surface area (Å²) in [5.74, 6) is -0.476. The van der Waals surface area contributed by atoms with Gasteiger partial charge in [-0.25, -0.2) is 4.79 Å². The summed E-state index contributed by atoms with van der Waals surface area (Å²) in [6.07, 6.45) is 7.92. The molecular formula is C18H25N3O4. The first-order valence-corrected chi connectivity index (χ1v) is 8.41. The lowest BCUT2D eigenvalue weighted by molar-refractivity contribution is -0.130. The molecule has 25 heavy (non-hydrogen) atoms. The van der Waals surface area contributed by atoms with Gasteiger partial charge in [0.2, 0.25) is 5.91 Å². The van der Waals surface area contributed by atoms with Crippen molar-refractivity contribution in [1.82, 2.24) is 15.1 Å². The summed E-state index contributed by atoms with van der Waals surface area (Å²) in [5, 5.41) is 16.2. The minimum absolute atomic E-state index is 0.140. The predicted molar refractivity (Wildman–Crippen MR) is 94.9 cm³/mol. The molecule has 136 valence electrons. The molecule has 1 saturated carbocycles. The van der Waals surface area contributed by atoms with Crippen LogP contribution in [0.15, 0.2) is 18.3 Å². The van der Waals surface area contributed by atoms with Gasteiger partial charge in [-0.15, -0.1) is 0 Å². The average molecular weight is 347 g/mol. The highest BCUT2D eigenvalue weighted by Gasteiger charge is 2.19. The number of amides is 1. The van der Waals surface area contributed by atoms with Crippen LogP contribution in [0.5, 0.6) is 5.75 Å². The van der Waals surface area contributed by atoms with Crippen molar-refractivity contribution >= 4 is 22.8 Å². The van der Waals surface area contributed by atoms with Crippen molar-refractivity contribution in [3.63, 3.8) is 0 Å². The van der Waals surface area contributed by atoms with E-state index in [9.17, 15) is 9.59 Å². The molecule has 0 saturated heterocycles. The van der Waals surface area contributed by atoms with Crippen molar-refractivity contribution in [2.24, 2.45) is 0 Å². The fourth-order valence-corrected chi connectivity index (χ4v) is 3.03. The molecule has 1 aliphatic carbocycles. The number of carboxylic acid groups (broad SMARTS) is 1. The second kappa shape index (κ2) is 8.50. The van der Waals surface area contributed by atoms with E-state index in [1.165, 1.54) is 45.3 Å². The SMILES string of the molecule is CC(=O)N(C)C1CCCCC1.COc1cc2[nH]ncc2cc1C(=O)O. The van der Waals surface area contributed by atoms with E-state index >= 15 is 0 Å². The number of aromatic nitrogens is 2. The minimum atomic E-state index is -1.01. The molecule has 2 aromatic rings. The highest BCUT2D eigenvalue weighted by molar-refractivity contribution is 5.96. The molecule has 1 fully saturated rings. The maximum atomic E-state index is 11.0. The largest absolute Gasteiger partial charge is 0.496 e. The lowest BCUT2D eigenvalue weighted by Gasteiger charge is -2.30. The van der Waals surface area contributed by atoms with Crippen molar-refractivity contribution in [3.05, 3.63) is 23.9 Å². The summed E-state index contributed by atoms with van der Waals surface area (Å²) in [6, 6.07) is 3.67. The Morgan fingerprint density at radius 2 is 1.96 bits per heavy atom. The monoisotopic (exact) mass is 347 g/mol. The Bertz CT molecular complexity index is 735. The zero-order chi connectivity index (χ0) is 18.4. The fraction of sp³-hybridized carbons (Fsp3) is 0.500. The van der Waals surface area contributed by atoms with Crippen LogP contribution in [0.1, 0.15) is 49.4 Å². The number of carbonyl (C=O) groups excluding carboxylic acids is 1. The van der Waals surface area contributed by atoms with E-state index in [1.807, 2.05) is 11.9 Å². The van der Waals surface area contributed by atoms with Crippen molar-refractivity contribution in [3.8, 4) is 5.75 Å². The molecule has 1 aliphatic rings. The second-order valence-electron chi connectivity index (χ2n) is 6.24. The van der Waals surface area contributed by atoms with Crippen LogP contribution in [0.25, 0.3) is 10.9 Å². The van der Waals surface area contributed by atoms with Gasteiger partial charge < -0.3 is 14.7 Å². The Balaban J connectivity index is 0.000000186. The zero-order valence-corrected chi connectivity index (χ0v) is 14.9. The molecule has 1 amide bonds. The van der Waals surface area contributed by atoms with Gasteiger partial charge >= 0.3 is 5.97 Å². The number of ether oxygens (including phenoxy) is 1. The number of carboxylic acids is 1. The Morgan fingerprint density at radius 1 is 1.28 bits per heavy atom. The Labute approximate surface area is 147 Å². The summed E-state index contributed by atoms with van der Waals surface area (Å²) in [6.45, 7) is 1.65. The molecule has 0 spiro atoms. The second-order valence-corrected chi connectivity index (χ2v) is 6.24. The van der Waals surface area contributed by atoms with E-state index in [0.717, 1.165) is 10.9 Å². The maximum absolute atomic E-state index is 11.0. The molecule has 0 radical (unpaired) electrons. The third kappa shape index (κ3) is 4.71. The van der Waals surface area contributed by atoms with E-state index in [-0.39, 0.29) is 11.5 Å². The van der Waals surface area contributed by atoms with Gasteiger partial charge in [0.1, 0.15) is 11.3 Å². The van der Waals surface area contributed by atoms with E-state index < -0.39 is 5.97 Å². The normalized spacial score (nSPS) is 14.5. The van der Waals surface area contributed by atoms with Gasteiger partial charge in [0, 0.05) is 31.5 Å². The molecule has 3 rings (SSSR count).